The third-order valence-electron chi connectivity index (χ3n) is 4.28. The van der Waals surface area contributed by atoms with E-state index in [1.54, 1.807) is 12.1 Å². The first-order valence-electron chi connectivity index (χ1n) is 6.94. The van der Waals surface area contributed by atoms with Crippen LogP contribution in [0.25, 0.3) is 0 Å². The highest BCUT2D eigenvalue weighted by Gasteiger charge is 2.30. The van der Waals surface area contributed by atoms with Crippen molar-refractivity contribution in [2.75, 3.05) is 0 Å². The monoisotopic (exact) mass is 312 g/mol. The van der Waals surface area contributed by atoms with Gasteiger partial charge in [0.15, 0.2) is 0 Å². The lowest BCUT2D eigenvalue weighted by atomic mass is 9.74. The Bertz CT molecular complexity index is 371. The Hall–Kier alpha value is -0.370. The van der Waals surface area contributed by atoms with E-state index in [4.69, 9.17) is 0 Å². The Morgan fingerprint density at radius 2 is 1.89 bits per heavy atom. The lowest BCUT2D eigenvalue weighted by Gasteiger charge is -2.35. The zero-order chi connectivity index (χ0) is 13.1. The number of hydrogen-bond donors (Lipinski definition) is 0. The minimum atomic E-state index is -0.141. The van der Waals surface area contributed by atoms with Gasteiger partial charge in [-0.15, -0.1) is 0 Å². The summed E-state index contributed by atoms with van der Waals surface area (Å²) in [7, 11) is 0. The smallest absolute Gasteiger partial charge is 0.123 e. The molecular formula is C16H22BrF. The molecule has 0 heterocycles. The highest BCUT2D eigenvalue weighted by molar-refractivity contribution is 9.09. The van der Waals surface area contributed by atoms with E-state index < -0.39 is 0 Å². The van der Waals surface area contributed by atoms with Crippen molar-refractivity contribution in [3.8, 4) is 0 Å². The third kappa shape index (κ3) is 3.57. The fourth-order valence-corrected chi connectivity index (χ4v) is 3.67. The van der Waals surface area contributed by atoms with Gasteiger partial charge in [0, 0.05) is 4.83 Å². The molecule has 2 heteroatoms. The van der Waals surface area contributed by atoms with Crippen molar-refractivity contribution < 1.29 is 4.39 Å². The molecule has 100 valence electrons. The Morgan fingerprint density at radius 1 is 1.22 bits per heavy atom. The first kappa shape index (κ1) is 14.0. The average molecular weight is 313 g/mol. The van der Waals surface area contributed by atoms with E-state index in [9.17, 15) is 4.39 Å². The summed E-state index contributed by atoms with van der Waals surface area (Å²) in [5.41, 5.74) is 1.26. The average Bonchev–Trinajstić information content (AvgIpc) is 2.34. The van der Waals surface area contributed by atoms with Crippen molar-refractivity contribution >= 4 is 15.9 Å². The predicted octanol–water partition coefficient (Wildman–Crippen LogP) is 5.20. The van der Waals surface area contributed by atoms with Gasteiger partial charge in [-0.05, 0) is 61.1 Å². The van der Waals surface area contributed by atoms with Gasteiger partial charge in [0.1, 0.15) is 5.82 Å². The fourth-order valence-electron chi connectivity index (χ4n) is 3.00. The van der Waals surface area contributed by atoms with Crippen LogP contribution in [0, 0.1) is 23.6 Å². The number of halogens is 2. The summed E-state index contributed by atoms with van der Waals surface area (Å²) < 4.78 is 12.9. The van der Waals surface area contributed by atoms with E-state index in [0.29, 0.717) is 10.7 Å². The van der Waals surface area contributed by atoms with Crippen LogP contribution in [0.1, 0.15) is 38.7 Å². The van der Waals surface area contributed by atoms with Crippen molar-refractivity contribution in [1.82, 2.24) is 0 Å². The molecule has 0 radical (unpaired) electrons. The standard InChI is InChI=1S/C16H22BrF/c1-11(2)13-5-8-16(17)14(10-13)9-12-3-6-15(18)7-4-12/h3-4,6-7,11,13-14,16H,5,8-10H2,1-2H3. The number of rotatable bonds is 3. The summed E-state index contributed by atoms with van der Waals surface area (Å²) in [5.74, 6) is 2.18. The van der Waals surface area contributed by atoms with E-state index in [-0.39, 0.29) is 5.82 Å². The van der Waals surface area contributed by atoms with Gasteiger partial charge in [-0.2, -0.15) is 0 Å². The molecule has 3 unspecified atom stereocenters. The first-order chi connectivity index (χ1) is 8.56. The molecular weight excluding hydrogens is 291 g/mol. The van der Waals surface area contributed by atoms with Crippen molar-refractivity contribution in [1.29, 1.82) is 0 Å². The van der Waals surface area contributed by atoms with Crippen LogP contribution in [-0.2, 0) is 6.42 Å². The molecule has 1 aliphatic carbocycles. The minimum Gasteiger partial charge on any atom is -0.207 e. The second-order valence-electron chi connectivity index (χ2n) is 5.92. The molecule has 0 nitrogen and oxygen atoms in total. The summed E-state index contributed by atoms with van der Waals surface area (Å²) in [4.78, 5) is 0.623. The molecule has 0 aromatic heterocycles. The molecule has 0 bridgehead atoms. The second kappa shape index (κ2) is 6.18. The summed E-state index contributed by atoms with van der Waals surface area (Å²) in [6, 6.07) is 6.99. The maximum atomic E-state index is 12.9. The Balaban J connectivity index is 2.00. The van der Waals surface area contributed by atoms with Gasteiger partial charge < -0.3 is 0 Å². The van der Waals surface area contributed by atoms with E-state index in [1.165, 1.54) is 24.8 Å². The molecule has 1 aromatic carbocycles. The Labute approximate surface area is 118 Å². The van der Waals surface area contributed by atoms with Crippen LogP contribution >= 0.6 is 15.9 Å². The molecule has 1 aliphatic rings. The van der Waals surface area contributed by atoms with Gasteiger partial charge >= 0.3 is 0 Å². The first-order valence-corrected chi connectivity index (χ1v) is 7.86. The zero-order valence-corrected chi connectivity index (χ0v) is 12.8. The van der Waals surface area contributed by atoms with Crippen LogP contribution in [0.4, 0.5) is 4.39 Å². The molecule has 3 atom stereocenters. The van der Waals surface area contributed by atoms with Gasteiger partial charge in [0.05, 0.1) is 0 Å². The lowest BCUT2D eigenvalue weighted by molar-refractivity contribution is 0.222. The van der Waals surface area contributed by atoms with Crippen molar-refractivity contribution in [3.63, 3.8) is 0 Å². The molecule has 0 saturated heterocycles. The van der Waals surface area contributed by atoms with Crippen LogP contribution in [0.2, 0.25) is 0 Å². The van der Waals surface area contributed by atoms with E-state index in [2.05, 4.69) is 29.8 Å². The number of benzene rings is 1. The third-order valence-corrected chi connectivity index (χ3v) is 5.49. The van der Waals surface area contributed by atoms with Crippen LogP contribution in [-0.4, -0.2) is 4.83 Å². The van der Waals surface area contributed by atoms with Crippen LogP contribution in [0.15, 0.2) is 24.3 Å². The molecule has 1 fully saturated rings. The minimum absolute atomic E-state index is 0.141. The van der Waals surface area contributed by atoms with Gasteiger partial charge in [-0.25, -0.2) is 4.39 Å². The lowest BCUT2D eigenvalue weighted by Crippen LogP contribution is -2.29. The highest BCUT2D eigenvalue weighted by atomic mass is 79.9. The van der Waals surface area contributed by atoms with Crippen LogP contribution < -0.4 is 0 Å². The van der Waals surface area contributed by atoms with E-state index in [1.807, 2.05) is 12.1 Å². The molecule has 0 spiro atoms. The van der Waals surface area contributed by atoms with E-state index in [0.717, 1.165) is 18.3 Å². The maximum Gasteiger partial charge on any atom is 0.123 e. The molecule has 18 heavy (non-hydrogen) atoms. The normalized spacial score (nSPS) is 28.6. The molecule has 0 N–H and O–H groups in total. The summed E-state index contributed by atoms with van der Waals surface area (Å²) in [6.07, 6.45) is 4.98. The van der Waals surface area contributed by atoms with Gasteiger partial charge in [-0.3, -0.25) is 0 Å². The molecule has 0 aliphatic heterocycles. The maximum absolute atomic E-state index is 12.9. The Kier molecular flexibility index (Phi) is 4.83. The predicted molar refractivity (Wildman–Crippen MR) is 78.5 cm³/mol. The molecule has 2 rings (SSSR count). The fraction of sp³-hybridized carbons (Fsp3) is 0.625. The quantitative estimate of drug-likeness (QED) is 0.673. The molecule has 1 aromatic rings. The van der Waals surface area contributed by atoms with Crippen molar-refractivity contribution in [2.24, 2.45) is 17.8 Å². The van der Waals surface area contributed by atoms with Gasteiger partial charge in [0.25, 0.3) is 0 Å². The van der Waals surface area contributed by atoms with Gasteiger partial charge in [-0.1, -0.05) is 41.9 Å². The van der Waals surface area contributed by atoms with Crippen LogP contribution in [0.5, 0.6) is 0 Å². The number of hydrogen-bond acceptors (Lipinski definition) is 0. The van der Waals surface area contributed by atoms with Crippen molar-refractivity contribution in [2.45, 2.75) is 44.4 Å². The second-order valence-corrected chi connectivity index (χ2v) is 7.10. The number of alkyl halides is 1. The SMILES string of the molecule is CC(C)C1CCC(Br)C(Cc2ccc(F)cc2)C1. The Morgan fingerprint density at radius 3 is 2.50 bits per heavy atom. The zero-order valence-electron chi connectivity index (χ0n) is 11.2. The van der Waals surface area contributed by atoms with Crippen LogP contribution in [0.3, 0.4) is 0 Å². The summed E-state index contributed by atoms with van der Waals surface area (Å²) in [5, 5.41) is 0. The van der Waals surface area contributed by atoms with Crippen molar-refractivity contribution in [3.05, 3.63) is 35.6 Å². The molecule has 1 saturated carbocycles. The highest BCUT2D eigenvalue weighted by Crippen LogP contribution is 2.38. The topological polar surface area (TPSA) is 0 Å². The largest absolute Gasteiger partial charge is 0.207 e. The van der Waals surface area contributed by atoms with Gasteiger partial charge in [0.2, 0.25) is 0 Å². The summed E-state index contributed by atoms with van der Waals surface area (Å²) >= 11 is 3.83. The van der Waals surface area contributed by atoms with E-state index >= 15 is 0 Å². The summed E-state index contributed by atoms with van der Waals surface area (Å²) in [6.45, 7) is 4.66. The molecule has 0 amide bonds.